The number of nitrogens with one attached hydrogen (secondary N) is 2. The molecule has 150 valence electrons. The molecule has 0 unspecified atom stereocenters. The minimum atomic E-state index is -0.188. The van der Waals surface area contributed by atoms with Gasteiger partial charge in [0.1, 0.15) is 5.82 Å². The van der Waals surface area contributed by atoms with Crippen LogP contribution in [0.1, 0.15) is 17.5 Å². The molecule has 1 fully saturated rings. The Morgan fingerprint density at radius 1 is 1.07 bits per heavy atom. The smallest absolute Gasteiger partial charge is 0.191 e. The molecule has 0 radical (unpaired) electrons. The van der Waals surface area contributed by atoms with E-state index in [4.69, 9.17) is 4.74 Å². The van der Waals surface area contributed by atoms with Crippen molar-refractivity contribution in [1.29, 1.82) is 0 Å². The van der Waals surface area contributed by atoms with Gasteiger partial charge in [-0.1, -0.05) is 36.4 Å². The van der Waals surface area contributed by atoms with E-state index in [0.717, 1.165) is 44.0 Å². The highest BCUT2D eigenvalue weighted by atomic mass is 19.1. The maximum atomic E-state index is 14.5. The second-order valence-corrected chi connectivity index (χ2v) is 6.83. The first-order chi connectivity index (χ1) is 13.8. The highest BCUT2D eigenvalue weighted by molar-refractivity contribution is 5.79. The minimum absolute atomic E-state index is 0.188. The molecule has 2 N–H and O–H groups in total. The summed E-state index contributed by atoms with van der Waals surface area (Å²) in [6, 6.07) is 15.9. The van der Waals surface area contributed by atoms with E-state index in [1.54, 1.807) is 13.1 Å². The summed E-state index contributed by atoms with van der Waals surface area (Å²) in [5.74, 6) is 0.540. The lowest BCUT2D eigenvalue weighted by molar-refractivity contribution is 0.122. The predicted octanol–water partition coefficient (Wildman–Crippen LogP) is 2.96. The minimum Gasteiger partial charge on any atom is -0.378 e. The van der Waals surface area contributed by atoms with Gasteiger partial charge in [-0.25, -0.2) is 4.39 Å². The summed E-state index contributed by atoms with van der Waals surface area (Å²) in [4.78, 5) is 6.27. The van der Waals surface area contributed by atoms with Crippen molar-refractivity contribution in [1.82, 2.24) is 10.6 Å². The Balaban J connectivity index is 1.43. The normalized spacial score (nSPS) is 14.8. The van der Waals surface area contributed by atoms with E-state index in [2.05, 4.69) is 39.9 Å². The maximum Gasteiger partial charge on any atom is 0.191 e. The number of anilines is 1. The molecule has 0 aromatic heterocycles. The third-order valence-electron chi connectivity index (χ3n) is 4.82. The van der Waals surface area contributed by atoms with Crippen molar-refractivity contribution < 1.29 is 9.13 Å². The summed E-state index contributed by atoms with van der Waals surface area (Å²) >= 11 is 0. The molecule has 0 amide bonds. The zero-order valence-corrected chi connectivity index (χ0v) is 16.5. The fraction of sp³-hybridized carbons (Fsp3) is 0.409. The molecule has 1 heterocycles. The number of hydrogen-bond acceptors (Lipinski definition) is 3. The van der Waals surface area contributed by atoms with Crippen LogP contribution in [0, 0.1) is 5.82 Å². The molecule has 1 saturated heterocycles. The Labute approximate surface area is 166 Å². The van der Waals surface area contributed by atoms with E-state index in [9.17, 15) is 4.39 Å². The Morgan fingerprint density at radius 2 is 1.86 bits per heavy atom. The van der Waals surface area contributed by atoms with Crippen molar-refractivity contribution in [2.24, 2.45) is 4.99 Å². The molecule has 0 atom stereocenters. The van der Waals surface area contributed by atoms with Crippen molar-refractivity contribution in [2.45, 2.75) is 19.4 Å². The maximum absolute atomic E-state index is 14.5. The Morgan fingerprint density at radius 3 is 2.57 bits per heavy atom. The van der Waals surface area contributed by atoms with Crippen LogP contribution in [0.4, 0.5) is 10.1 Å². The van der Waals surface area contributed by atoms with E-state index in [1.165, 1.54) is 5.56 Å². The lowest BCUT2D eigenvalue weighted by Gasteiger charge is -2.29. The zero-order chi connectivity index (χ0) is 19.6. The van der Waals surface area contributed by atoms with Gasteiger partial charge in [0, 0.05) is 33.2 Å². The summed E-state index contributed by atoms with van der Waals surface area (Å²) in [5, 5.41) is 6.56. The fourth-order valence-corrected chi connectivity index (χ4v) is 3.27. The number of aryl methyl sites for hydroxylation is 1. The van der Waals surface area contributed by atoms with Gasteiger partial charge in [-0.15, -0.1) is 0 Å². The summed E-state index contributed by atoms with van der Waals surface area (Å²) in [6.07, 6.45) is 2.05. The lowest BCUT2D eigenvalue weighted by atomic mass is 10.1. The second kappa shape index (κ2) is 10.7. The SMILES string of the molecule is CN=C(NCCCc1ccccc1)NCc1ccc(N2CCOCC2)c(F)c1. The van der Waals surface area contributed by atoms with Gasteiger partial charge in [0.2, 0.25) is 0 Å². The van der Waals surface area contributed by atoms with E-state index < -0.39 is 0 Å². The van der Waals surface area contributed by atoms with Crippen LogP contribution >= 0.6 is 0 Å². The van der Waals surface area contributed by atoms with Crippen molar-refractivity contribution in [3.63, 3.8) is 0 Å². The van der Waals surface area contributed by atoms with Gasteiger partial charge < -0.3 is 20.3 Å². The highest BCUT2D eigenvalue weighted by Crippen LogP contribution is 2.21. The van der Waals surface area contributed by atoms with Crippen molar-refractivity contribution in [3.8, 4) is 0 Å². The monoisotopic (exact) mass is 384 g/mol. The molecular weight excluding hydrogens is 355 g/mol. The van der Waals surface area contributed by atoms with E-state index in [0.29, 0.717) is 25.4 Å². The van der Waals surface area contributed by atoms with Gasteiger partial charge in [-0.05, 0) is 36.1 Å². The van der Waals surface area contributed by atoms with Crippen LogP contribution in [0.2, 0.25) is 0 Å². The Hall–Kier alpha value is -2.60. The van der Waals surface area contributed by atoms with Crippen molar-refractivity contribution >= 4 is 11.6 Å². The van der Waals surface area contributed by atoms with Crippen LogP contribution in [0.5, 0.6) is 0 Å². The number of morpholine rings is 1. The van der Waals surface area contributed by atoms with Crippen LogP contribution in [-0.4, -0.2) is 45.9 Å². The summed E-state index contributed by atoms with van der Waals surface area (Å²) < 4.78 is 19.8. The number of nitrogens with zero attached hydrogens (tertiary/aromatic N) is 2. The largest absolute Gasteiger partial charge is 0.378 e. The summed E-state index contributed by atoms with van der Waals surface area (Å²) in [5.41, 5.74) is 2.88. The molecule has 2 aromatic rings. The van der Waals surface area contributed by atoms with Gasteiger partial charge in [-0.3, -0.25) is 4.99 Å². The molecule has 0 aliphatic carbocycles. The summed E-state index contributed by atoms with van der Waals surface area (Å²) in [6.45, 7) is 4.11. The number of guanidine groups is 1. The summed E-state index contributed by atoms with van der Waals surface area (Å²) in [7, 11) is 1.74. The first-order valence-corrected chi connectivity index (χ1v) is 9.86. The highest BCUT2D eigenvalue weighted by Gasteiger charge is 2.15. The number of benzene rings is 2. The molecule has 2 aromatic carbocycles. The number of ether oxygens (including phenoxy) is 1. The van der Waals surface area contributed by atoms with Gasteiger partial charge in [0.15, 0.2) is 5.96 Å². The van der Waals surface area contributed by atoms with Crippen LogP contribution in [-0.2, 0) is 17.7 Å². The molecule has 5 nitrogen and oxygen atoms in total. The quantitative estimate of drug-likeness (QED) is 0.438. The molecule has 0 saturated carbocycles. The van der Waals surface area contributed by atoms with E-state index in [-0.39, 0.29) is 5.82 Å². The molecule has 28 heavy (non-hydrogen) atoms. The molecule has 1 aliphatic rings. The molecule has 1 aliphatic heterocycles. The van der Waals surface area contributed by atoms with Crippen LogP contribution in [0.25, 0.3) is 0 Å². The van der Waals surface area contributed by atoms with Crippen LogP contribution in [0.15, 0.2) is 53.5 Å². The third-order valence-corrected chi connectivity index (χ3v) is 4.82. The van der Waals surface area contributed by atoms with E-state index in [1.807, 2.05) is 23.1 Å². The molecule has 3 rings (SSSR count). The van der Waals surface area contributed by atoms with Crippen molar-refractivity contribution in [2.75, 3.05) is 44.8 Å². The zero-order valence-electron chi connectivity index (χ0n) is 16.5. The van der Waals surface area contributed by atoms with Gasteiger partial charge in [0.25, 0.3) is 0 Å². The van der Waals surface area contributed by atoms with Gasteiger partial charge in [0.05, 0.1) is 18.9 Å². The Kier molecular flexibility index (Phi) is 7.67. The average molecular weight is 384 g/mol. The topological polar surface area (TPSA) is 48.9 Å². The molecular formula is C22H29FN4O. The second-order valence-electron chi connectivity index (χ2n) is 6.83. The lowest BCUT2D eigenvalue weighted by Crippen LogP contribution is -2.37. The van der Waals surface area contributed by atoms with Crippen LogP contribution < -0.4 is 15.5 Å². The van der Waals surface area contributed by atoms with Gasteiger partial charge >= 0.3 is 0 Å². The van der Waals surface area contributed by atoms with Crippen molar-refractivity contribution in [3.05, 3.63) is 65.5 Å². The number of halogens is 1. The Bertz CT molecular complexity index is 760. The number of rotatable bonds is 7. The molecule has 0 bridgehead atoms. The first-order valence-electron chi connectivity index (χ1n) is 9.86. The third kappa shape index (κ3) is 5.96. The number of hydrogen-bond donors (Lipinski definition) is 2. The van der Waals surface area contributed by atoms with E-state index >= 15 is 0 Å². The molecule has 6 heteroatoms. The van der Waals surface area contributed by atoms with Gasteiger partial charge in [-0.2, -0.15) is 0 Å². The standard InChI is InChI=1S/C22H29FN4O/c1-24-22(25-11-5-8-18-6-3-2-4-7-18)26-17-19-9-10-21(20(23)16-19)27-12-14-28-15-13-27/h2-4,6-7,9-10,16H,5,8,11-15,17H2,1H3,(H2,24,25,26). The fourth-order valence-electron chi connectivity index (χ4n) is 3.27. The first kappa shape index (κ1) is 20.1. The number of aliphatic imine (C=N–C) groups is 1. The van der Waals surface area contributed by atoms with Crippen LogP contribution in [0.3, 0.4) is 0 Å². The average Bonchev–Trinajstić information content (AvgIpc) is 2.74. The predicted molar refractivity (Wildman–Crippen MR) is 112 cm³/mol. The molecule has 0 spiro atoms.